The summed E-state index contributed by atoms with van der Waals surface area (Å²) >= 11 is 5.95. The third kappa shape index (κ3) is 1.71. The van der Waals surface area contributed by atoms with Crippen LogP contribution in [0.3, 0.4) is 0 Å². The van der Waals surface area contributed by atoms with Gasteiger partial charge in [-0.1, -0.05) is 54.1 Å². The second-order valence-electron chi connectivity index (χ2n) is 4.82. The maximum Gasteiger partial charge on any atom is 0.142 e. The largest absolute Gasteiger partial charge is 0.463 e. The van der Waals surface area contributed by atoms with Crippen LogP contribution in [0.1, 0.15) is 0 Å². The molecule has 96 valence electrons. The molecular weight excluding hydrogens is 268 g/mol. The van der Waals surface area contributed by atoms with Crippen LogP contribution < -0.4 is 0 Å². The molecule has 0 radical (unpaired) electrons. The number of hydrogen-bond acceptors (Lipinski definition) is 1. The molecule has 0 amide bonds. The lowest BCUT2D eigenvalue weighted by molar-refractivity contribution is 0.620. The molecule has 0 aliphatic carbocycles. The molecule has 0 aliphatic rings. The summed E-state index contributed by atoms with van der Waals surface area (Å²) in [6, 6.07) is 20.3. The number of hydrogen-bond donors (Lipinski definition) is 0. The maximum atomic E-state index is 5.95. The highest BCUT2D eigenvalue weighted by Crippen LogP contribution is 2.35. The van der Waals surface area contributed by atoms with E-state index in [9.17, 15) is 0 Å². The number of fused-ring (bicyclic) bond motifs is 3. The first-order valence-electron chi connectivity index (χ1n) is 6.48. The second kappa shape index (κ2) is 4.39. The molecule has 1 aromatic heterocycles. The Morgan fingerprint density at radius 3 is 2.40 bits per heavy atom. The molecule has 0 fully saturated rings. The van der Waals surface area contributed by atoms with Crippen LogP contribution in [-0.2, 0) is 0 Å². The Kier molecular flexibility index (Phi) is 2.54. The molecular formula is C18H11ClO. The fourth-order valence-electron chi connectivity index (χ4n) is 2.62. The van der Waals surface area contributed by atoms with Gasteiger partial charge in [0.15, 0.2) is 0 Å². The zero-order valence-corrected chi connectivity index (χ0v) is 11.4. The molecule has 1 heterocycles. The van der Waals surface area contributed by atoms with Gasteiger partial charge in [0, 0.05) is 21.4 Å². The topological polar surface area (TPSA) is 13.1 Å². The van der Waals surface area contributed by atoms with Crippen LogP contribution in [0.25, 0.3) is 32.9 Å². The maximum absolute atomic E-state index is 5.95. The van der Waals surface area contributed by atoms with E-state index >= 15 is 0 Å². The van der Waals surface area contributed by atoms with Crippen molar-refractivity contribution in [3.05, 3.63) is 71.9 Å². The van der Waals surface area contributed by atoms with Crippen LogP contribution in [0.5, 0.6) is 0 Å². The molecule has 4 rings (SSSR count). The summed E-state index contributed by atoms with van der Waals surface area (Å²) in [5.41, 5.74) is 3.15. The summed E-state index contributed by atoms with van der Waals surface area (Å²) < 4.78 is 5.81. The van der Waals surface area contributed by atoms with Crippen molar-refractivity contribution in [3.63, 3.8) is 0 Å². The molecule has 0 unspecified atom stereocenters. The van der Waals surface area contributed by atoms with Crippen LogP contribution in [0, 0.1) is 0 Å². The number of halogens is 1. The standard InChI is InChI=1S/C18H11ClO/c19-14-8-5-13(6-9-14)17-11-20-18-15-4-2-1-3-12(15)7-10-16(17)18/h1-11H. The van der Waals surface area contributed by atoms with Gasteiger partial charge in [-0.2, -0.15) is 0 Å². The first kappa shape index (κ1) is 11.6. The third-order valence-corrected chi connectivity index (χ3v) is 3.87. The summed E-state index contributed by atoms with van der Waals surface area (Å²) in [5, 5.41) is 4.21. The predicted molar refractivity (Wildman–Crippen MR) is 84.2 cm³/mol. The Morgan fingerprint density at radius 2 is 1.55 bits per heavy atom. The van der Waals surface area contributed by atoms with E-state index in [0.717, 1.165) is 32.5 Å². The third-order valence-electron chi connectivity index (χ3n) is 3.62. The lowest BCUT2D eigenvalue weighted by atomic mass is 10.0. The van der Waals surface area contributed by atoms with Crippen molar-refractivity contribution < 1.29 is 4.42 Å². The van der Waals surface area contributed by atoms with Crippen molar-refractivity contribution >= 4 is 33.3 Å². The Morgan fingerprint density at radius 1 is 0.750 bits per heavy atom. The fraction of sp³-hybridized carbons (Fsp3) is 0. The molecule has 2 heteroatoms. The summed E-state index contributed by atoms with van der Waals surface area (Å²) in [6.07, 6.45) is 1.82. The van der Waals surface area contributed by atoms with E-state index in [1.165, 1.54) is 5.39 Å². The minimum atomic E-state index is 0.743. The van der Waals surface area contributed by atoms with E-state index in [1.54, 1.807) is 0 Å². The fourth-order valence-corrected chi connectivity index (χ4v) is 2.74. The smallest absolute Gasteiger partial charge is 0.142 e. The molecule has 0 aliphatic heterocycles. The molecule has 0 bridgehead atoms. The normalized spacial score (nSPS) is 11.2. The summed E-state index contributed by atoms with van der Waals surface area (Å²) in [4.78, 5) is 0. The van der Waals surface area contributed by atoms with Crippen molar-refractivity contribution in [3.8, 4) is 11.1 Å². The van der Waals surface area contributed by atoms with E-state index in [1.807, 2.05) is 42.7 Å². The van der Waals surface area contributed by atoms with Gasteiger partial charge in [-0.25, -0.2) is 0 Å². The van der Waals surface area contributed by atoms with E-state index in [4.69, 9.17) is 16.0 Å². The summed E-state index contributed by atoms with van der Waals surface area (Å²) in [6.45, 7) is 0. The van der Waals surface area contributed by atoms with Crippen molar-refractivity contribution in [2.45, 2.75) is 0 Å². The van der Waals surface area contributed by atoms with Gasteiger partial charge >= 0.3 is 0 Å². The Balaban J connectivity index is 2.02. The minimum absolute atomic E-state index is 0.743. The van der Waals surface area contributed by atoms with Crippen LogP contribution in [0.15, 0.2) is 71.3 Å². The highest BCUT2D eigenvalue weighted by Gasteiger charge is 2.10. The lowest BCUT2D eigenvalue weighted by Crippen LogP contribution is -1.76. The van der Waals surface area contributed by atoms with Gasteiger partial charge in [0.25, 0.3) is 0 Å². The average molecular weight is 279 g/mol. The SMILES string of the molecule is Clc1ccc(-c2coc3c2ccc2ccccc23)cc1. The highest BCUT2D eigenvalue weighted by atomic mass is 35.5. The number of benzene rings is 3. The van der Waals surface area contributed by atoms with Crippen LogP contribution in [-0.4, -0.2) is 0 Å². The van der Waals surface area contributed by atoms with Gasteiger partial charge < -0.3 is 4.42 Å². The molecule has 1 nitrogen and oxygen atoms in total. The molecule has 0 saturated carbocycles. The van der Waals surface area contributed by atoms with Gasteiger partial charge in [0.1, 0.15) is 5.58 Å². The minimum Gasteiger partial charge on any atom is -0.463 e. The van der Waals surface area contributed by atoms with Crippen molar-refractivity contribution in [2.24, 2.45) is 0 Å². The molecule has 4 aromatic rings. The monoisotopic (exact) mass is 278 g/mol. The number of rotatable bonds is 1. The van der Waals surface area contributed by atoms with Gasteiger partial charge in [-0.05, 0) is 29.1 Å². The number of furan rings is 1. The van der Waals surface area contributed by atoms with Gasteiger partial charge in [-0.3, -0.25) is 0 Å². The van der Waals surface area contributed by atoms with Crippen molar-refractivity contribution in [2.75, 3.05) is 0 Å². The molecule has 0 saturated heterocycles. The summed E-state index contributed by atoms with van der Waals surface area (Å²) in [7, 11) is 0. The van der Waals surface area contributed by atoms with E-state index in [2.05, 4.69) is 24.3 Å². The zero-order valence-electron chi connectivity index (χ0n) is 10.6. The first-order chi connectivity index (χ1) is 9.83. The Labute approximate surface area is 121 Å². The van der Waals surface area contributed by atoms with Crippen LogP contribution in [0.4, 0.5) is 0 Å². The van der Waals surface area contributed by atoms with Crippen LogP contribution in [0.2, 0.25) is 5.02 Å². The molecule has 0 N–H and O–H groups in total. The second-order valence-corrected chi connectivity index (χ2v) is 5.26. The lowest BCUT2D eigenvalue weighted by Gasteiger charge is -2.01. The Hall–Kier alpha value is -2.25. The predicted octanol–water partition coefficient (Wildman–Crippen LogP) is 5.91. The van der Waals surface area contributed by atoms with Crippen molar-refractivity contribution in [1.29, 1.82) is 0 Å². The van der Waals surface area contributed by atoms with Gasteiger partial charge in [0.05, 0.1) is 6.26 Å². The quantitative estimate of drug-likeness (QED) is 0.422. The molecule has 0 atom stereocenters. The molecule has 3 aromatic carbocycles. The zero-order chi connectivity index (χ0) is 13.5. The highest BCUT2D eigenvalue weighted by molar-refractivity contribution is 6.30. The van der Waals surface area contributed by atoms with Crippen molar-refractivity contribution in [1.82, 2.24) is 0 Å². The van der Waals surface area contributed by atoms with Crippen LogP contribution >= 0.6 is 11.6 Å². The first-order valence-corrected chi connectivity index (χ1v) is 6.85. The molecule has 20 heavy (non-hydrogen) atoms. The molecule has 0 spiro atoms. The van der Waals surface area contributed by atoms with E-state index < -0.39 is 0 Å². The Bertz CT molecular complexity index is 904. The van der Waals surface area contributed by atoms with E-state index in [0.29, 0.717) is 0 Å². The average Bonchev–Trinajstić information content (AvgIpc) is 2.92. The van der Waals surface area contributed by atoms with E-state index in [-0.39, 0.29) is 0 Å². The van der Waals surface area contributed by atoms with Gasteiger partial charge in [0.2, 0.25) is 0 Å². The van der Waals surface area contributed by atoms with Gasteiger partial charge in [-0.15, -0.1) is 0 Å². The summed E-state index contributed by atoms with van der Waals surface area (Å²) in [5.74, 6) is 0.